The van der Waals surface area contributed by atoms with Crippen LogP contribution in [-0.4, -0.2) is 18.1 Å². The fraction of sp³-hybridized carbons (Fsp3) is 0.312. The summed E-state index contributed by atoms with van der Waals surface area (Å²) in [6, 6.07) is 9.31. The van der Waals surface area contributed by atoms with Crippen molar-refractivity contribution in [2.45, 2.75) is 19.3 Å². The quantitative estimate of drug-likeness (QED) is 0.810. The SMILES string of the molecule is Fc1cc(-c2ccncc2)ccc1N1CCCCC1. The summed E-state index contributed by atoms with van der Waals surface area (Å²) in [4.78, 5) is 6.13. The number of aromatic nitrogens is 1. The van der Waals surface area contributed by atoms with Gasteiger partial charge in [0.25, 0.3) is 0 Å². The highest BCUT2D eigenvalue weighted by molar-refractivity contribution is 5.66. The second-order valence-corrected chi connectivity index (χ2v) is 4.95. The zero-order valence-electron chi connectivity index (χ0n) is 10.8. The Balaban J connectivity index is 1.89. The summed E-state index contributed by atoms with van der Waals surface area (Å²) in [6.45, 7) is 1.93. The van der Waals surface area contributed by atoms with Crippen molar-refractivity contribution in [2.24, 2.45) is 0 Å². The van der Waals surface area contributed by atoms with Crippen molar-refractivity contribution in [3.63, 3.8) is 0 Å². The molecule has 0 radical (unpaired) electrons. The Morgan fingerprint density at radius 2 is 1.63 bits per heavy atom. The van der Waals surface area contributed by atoms with Crippen molar-refractivity contribution in [3.8, 4) is 11.1 Å². The first-order valence-corrected chi connectivity index (χ1v) is 6.79. The molecular weight excluding hydrogens is 239 g/mol. The number of piperidine rings is 1. The maximum absolute atomic E-state index is 14.3. The topological polar surface area (TPSA) is 16.1 Å². The van der Waals surface area contributed by atoms with E-state index in [1.165, 1.54) is 6.42 Å². The van der Waals surface area contributed by atoms with E-state index in [-0.39, 0.29) is 5.82 Å². The van der Waals surface area contributed by atoms with Gasteiger partial charge in [0.1, 0.15) is 5.82 Å². The lowest BCUT2D eigenvalue weighted by molar-refractivity contribution is 0.557. The van der Waals surface area contributed by atoms with Gasteiger partial charge in [0.05, 0.1) is 5.69 Å². The molecule has 1 fully saturated rings. The summed E-state index contributed by atoms with van der Waals surface area (Å²) in [5.74, 6) is -0.129. The molecule has 0 aliphatic carbocycles. The summed E-state index contributed by atoms with van der Waals surface area (Å²) >= 11 is 0. The summed E-state index contributed by atoms with van der Waals surface area (Å²) < 4.78 is 14.3. The van der Waals surface area contributed by atoms with Gasteiger partial charge in [0.15, 0.2) is 0 Å². The molecule has 98 valence electrons. The van der Waals surface area contributed by atoms with Crippen LogP contribution in [0.3, 0.4) is 0 Å². The first kappa shape index (κ1) is 12.2. The number of rotatable bonds is 2. The molecule has 19 heavy (non-hydrogen) atoms. The Hall–Kier alpha value is -1.90. The van der Waals surface area contributed by atoms with Gasteiger partial charge in [0, 0.05) is 25.5 Å². The van der Waals surface area contributed by atoms with E-state index in [4.69, 9.17) is 0 Å². The fourth-order valence-corrected chi connectivity index (χ4v) is 2.62. The van der Waals surface area contributed by atoms with Crippen molar-refractivity contribution in [1.82, 2.24) is 4.98 Å². The molecule has 0 saturated carbocycles. The number of anilines is 1. The molecule has 1 aliphatic rings. The van der Waals surface area contributed by atoms with E-state index in [1.807, 2.05) is 24.3 Å². The number of nitrogens with zero attached hydrogens (tertiary/aromatic N) is 2. The predicted octanol–water partition coefficient (Wildman–Crippen LogP) is 3.88. The van der Waals surface area contributed by atoms with E-state index >= 15 is 0 Å². The molecule has 1 saturated heterocycles. The molecule has 1 aromatic heterocycles. The molecule has 0 unspecified atom stereocenters. The largest absolute Gasteiger partial charge is 0.369 e. The monoisotopic (exact) mass is 256 g/mol. The van der Waals surface area contributed by atoms with Gasteiger partial charge in [-0.05, 0) is 54.7 Å². The average molecular weight is 256 g/mol. The van der Waals surface area contributed by atoms with Gasteiger partial charge in [-0.3, -0.25) is 4.98 Å². The van der Waals surface area contributed by atoms with Crippen LogP contribution < -0.4 is 4.90 Å². The molecule has 0 amide bonds. The Labute approximate surface area is 112 Å². The van der Waals surface area contributed by atoms with Gasteiger partial charge >= 0.3 is 0 Å². The van der Waals surface area contributed by atoms with Crippen molar-refractivity contribution in [3.05, 3.63) is 48.5 Å². The van der Waals surface area contributed by atoms with Gasteiger partial charge in [-0.1, -0.05) is 6.07 Å². The summed E-state index contributed by atoms with van der Waals surface area (Å²) in [7, 11) is 0. The molecule has 0 N–H and O–H groups in total. The lowest BCUT2D eigenvalue weighted by Crippen LogP contribution is -2.30. The average Bonchev–Trinajstić information content (AvgIpc) is 2.49. The smallest absolute Gasteiger partial charge is 0.147 e. The van der Waals surface area contributed by atoms with E-state index in [0.717, 1.165) is 42.7 Å². The molecule has 1 aromatic carbocycles. The van der Waals surface area contributed by atoms with Crippen LogP contribution in [0.1, 0.15) is 19.3 Å². The Morgan fingerprint density at radius 1 is 0.895 bits per heavy atom. The molecule has 0 spiro atoms. The standard InChI is InChI=1S/C16H17FN2/c17-15-12-14(13-6-8-18-9-7-13)4-5-16(15)19-10-2-1-3-11-19/h4-9,12H,1-3,10-11H2. The van der Waals surface area contributed by atoms with Gasteiger partial charge in [0.2, 0.25) is 0 Å². The molecule has 2 aromatic rings. The zero-order chi connectivity index (χ0) is 13.1. The molecule has 0 bridgehead atoms. The van der Waals surface area contributed by atoms with E-state index in [0.29, 0.717) is 0 Å². The highest BCUT2D eigenvalue weighted by atomic mass is 19.1. The number of pyridine rings is 1. The van der Waals surface area contributed by atoms with Crippen LogP contribution in [0.25, 0.3) is 11.1 Å². The van der Waals surface area contributed by atoms with E-state index in [9.17, 15) is 4.39 Å². The third-order valence-corrected chi connectivity index (χ3v) is 3.66. The van der Waals surface area contributed by atoms with E-state index in [2.05, 4.69) is 9.88 Å². The Morgan fingerprint density at radius 3 is 2.32 bits per heavy atom. The summed E-state index contributed by atoms with van der Waals surface area (Å²) in [5.41, 5.74) is 2.64. The minimum atomic E-state index is -0.129. The third-order valence-electron chi connectivity index (χ3n) is 3.66. The number of hydrogen-bond donors (Lipinski definition) is 0. The summed E-state index contributed by atoms with van der Waals surface area (Å²) in [5, 5.41) is 0. The highest BCUT2D eigenvalue weighted by Gasteiger charge is 2.15. The lowest BCUT2D eigenvalue weighted by Gasteiger charge is -2.29. The van der Waals surface area contributed by atoms with Crippen LogP contribution >= 0.6 is 0 Å². The third kappa shape index (κ3) is 2.60. The predicted molar refractivity (Wildman–Crippen MR) is 75.7 cm³/mol. The minimum absolute atomic E-state index is 0.129. The van der Waals surface area contributed by atoms with Gasteiger partial charge in [-0.15, -0.1) is 0 Å². The van der Waals surface area contributed by atoms with Crippen molar-refractivity contribution < 1.29 is 4.39 Å². The molecule has 3 heteroatoms. The lowest BCUT2D eigenvalue weighted by atomic mass is 10.0. The summed E-state index contributed by atoms with van der Waals surface area (Å²) in [6.07, 6.45) is 7.03. The maximum Gasteiger partial charge on any atom is 0.147 e. The first-order valence-electron chi connectivity index (χ1n) is 6.79. The highest BCUT2D eigenvalue weighted by Crippen LogP contribution is 2.27. The van der Waals surface area contributed by atoms with Crippen LogP contribution in [0.2, 0.25) is 0 Å². The molecule has 1 aliphatic heterocycles. The van der Waals surface area contributed by atoms with Gasteiger partial charge in [-0.2, -0.15) is 0 Å². The van der Waals surface area contributed by atoms with Crippen LogP contribution in [0.4, 0.5) is 10.1 Å². The minimum Gasteiger partial charge on any atom is -0.369 e. The molecule has 2 heterocycles. The van der Waals surface area contributed by atoms with E-state index < -0.39 is 0 Å². The maximum atomic E-state index is 14.3. The van der Waals surface area contributed by atoms with Crippen LogP contribution in [0.15, 0.2) is 42.7 Å². The fourth-order valence-electron chi connectivity index (χ4n) is 2.62. The molecule has 3 rings (SSSR count). The van der Waals surface area contributed by atoms with Crippen LogP contribution in [0.5, 0.6) is 0 Å². The second-order valence-electron chi connectivity index (χ2n) is 4.95. The number of halogens is 1. The van der Waals surface area contributed by atoms with Gasteiger partial charge in [-0.25, -0.2) is 4.39 Å². The van der Waals surface area contributed by atoms with Gasteiger partial charge < -0.3 is 4.90 Å². The zero-order valence-corrected chi connectivity index (χ0v) is 10.8. The first-order chi connectivity index (χ1) is 9.34. The normalized spacial score (nSPS) is 15.5. The Kier molecular flexibility index (Phi) is 3.45. The number of benzene rings is 1. The second kappa shape index (κ2) is 5.39. The van der Waals surface area contributed by atoms with E-state index in [1.54, 1.807) is 18.5 Å². The van der Waals surface area contributed by atoms with Crippen LogP contribution in [0, 0.1) is 5.82 Å². The van der Waals surface area contributed by atoms with Crippen molar-refractivity contribution in [2.75, 3.05) is 18.0 Å². The Bertz CT molecular complexity index is 548. The molecule has 2 nitrogen and oxygen atoms in total. The molecule has 0 atom stereocenters. The van der Waals surface area contributed by atoms with Crippen molar-refractivity contribution in [1.29, 1.82) is 0 Å². The number of hydrogen-bond acceptors (Lipinski definition) is 2. The van der Waals surface area contributed by atoms with Crippen LogP contribution in [-0.2, 0) is 0 Å². The molecular formula is C16H17FN2. The van der Waals surface area contributed by atoms with Crippen molar-refractivity contribution >= 4 is 5.69 Å².